The van der Waals surface area contributed by atoms with Crippen LogP contribution >= 0.6 is 0 Å². The van der Waals surface area contributed by atoms with Gasteiger partial charge in [-0.05, 0) is 56.6 Å². The second-order valence-electron chi connectivity index (χ2n) is 5.42. The topological polar surface area (TPSA) is 44.7 Å². The van der Waals surface area contributed by atoms with Gasteiger partial charge in [-0.3, -0.25) is 0 Å². The number of nitrogens with zero attached hydrogens (tertiary/aromatic N) is 1. The molecule has 1 aliphatic rings. The third-order valence-corrected chi connectivity index (χ3v) is 3.67. The molecule has 19 heavy (non-hydrogen) atoms. The van der Waals surface area contributed by atoms with Gasteiger partial charge in [0.2, 0.25) is 0 Å². The van der Waals surface area contributed by atoms with Crippen LogP contribution in [0.5, 0.6) is 11.5 Å². The molecule has 2 rings (SSSR count). The quantitative estimate of drug-likeness (QED) is 0.851. The van der Waals surface area contributed by atoms with Crippen molar-refractivity contribution in [2.75, 3.05) is 33.8 Å². The molecule has 1 aromatic carbocycles. The smallest absolute Gasteiger partial charge is 0.160 e. The molecule has 1 saturated heterocycles. The fraction of sp³-hybridized carbons (Fsp3) is 0.600. The molecule has 1 aliphatic heterocycles. The summed E-state index contributed by atoms with van der Waals surface area (Å²) in [5.41, 5.74) is 1.17. The van der Waals surface area contributed by atoms with E-state index in [4.69, 9.17) is 4.74 Å². The molecule has 1 heterocycles. The Bertz CT molecular complexity index is 403. The van der Waals surface area contributed by atoms with Crippen molar-refractivity contribution in [1.29, 1.82) is 0 Å². The zero-order valence-electron chi connectivity index (χ0n) is 11.9. The number of hydrogen-bond acceptors (Lipinski definition) is 4. The van der Waals surface area contributed by atoms with E-state index in [0.29, 0.717) is 5.75 Å². The minimum absolute atomic E-state index is 0.199. The number of methoxy groups -OCH3 is 1. The SMILES string of the molecule is COc1cc(CN(C)CC2CCCNC2)ccc1O. The van der Waals surface area contributed by atoms with Crippen molar-refractivity contribution in [3.8, 4) is 11.5 Å². The Labute approximate surface area is 115 Å². The molecular formula is C15H24N2O2. The maximum Gasteiger partial charge on any atom is 0.160 e. The van der Waals surface area contributed by atoms with Gasteiger partial charge in [0, 0.05) is 13.1 Å². The molecule has 0 radical (unpaired) electrons. The predicted molar refractivity (Wildman–Crippen MR) is 76.6 cm³/mol. The van der Waals surface area contributed by atoms with Crippen molar-refractivity contribution in [2.24, 2.45) is 5.92 Å². The summed E-state index contributed by atoms with van der Waals surface area (Å²) in [4.78, 5) is 2.34. The number of nitrogens with one attached hydrogen (secondary N) is 1. The molecule has 4 heteroatoms. The first-order valence-electron chi connectivity index (χ1n) is 6.94. The number of ether oxygens (including phenoxy) is 1. The van der Waals surface area contributed by atoms with Gasteiger partial charge < -0.3 is 20.1 Å². The van der Waals surface area contributed by atoms with Gasteiger partial charge >= 0.3 is 0 Å². The normalized spacial score (nSPS) is 19.6. The summed E-state index contributed by atoms with van der Waals surface area (Å²) in [6, 6.07) is 5.56. The molecule has 0 amide bonds. The van der Waals surface area contributed by atoms with Crippen molar-refractivity contribution in [3.63, 3.8) is 0 Å². The average Bonchev–Trinajstić information content (AvgIpc) is 2.42. The number of phenols is 1. The van der Waals surface area contributed by atoms with Crippen LogP contribution in [0.3, 0.4) is 0 Å². The lowest BCUT2D eigenvalue weighted by Crippen LogP contribution is -2.36. The Morgan fingerprint density at radius 3 is 3.00 bits per heavy atom. The van der Waals surface area contributed by atoms with Gasteiger partial charge in [0.25, 0.3) is 0 Å². The van der Waals surface area contributed by atoms with Crippen LogP contribution in [0, 0.1) is 5.92 Å². The van der Waals surface area contributed by atoms with Crippen LogP contribution in [-0.4, -0.2) is 43.8 Å². The second-order valence-corrected chi connectivity index (χ2v) is 5.42. The summed E-state index contributed by atoms with van der Waals surface area (Å²) in [6.07, 6.45) is 2.60. The van der Waals surface area contributed by atoms with Gasteiger partial charge in [-0.15, -0.1) is 0 Å². The number of hydrogen-bond donors (Lipinski definition) is 2. The van der Waals surface area contributed by atoms with Crippen LogP contribution in [0.4, 0.5) is 0 Å². The first-order valence-corrected chi connectivity index (χ1v) is 6.94. The first-order chi connectivity index (χ1) is 9.19. The van der Waals surface area contributed by atoms with Crippen molar-refractivity contribution in [3.05, 3.63) is 23.8 Å². The summed E-state index contributed by atoms with van der Waals surface area (Å²) < 4.78 is 5.14. The van der Waals surface area contributed by atoms with E-state index in [0.717, 1.165) is 32.1 Å². The number of aromatic hydroxyl groups is 1. The molecule has 0 bridgehead atoms. The van der Waals surface area contributed by atoms with E-state index in [-0.39, 0.29) is 5.75 Å². The van der Waals surface area contributed by atoms with Crippen LogP contribution in [-0.2, 0) is 6.54 Å². The number of rotatable bonds is 5. The molecule has 1 aromatic rings. The fourth-order valence-electron chi connectivity index (χ4n) is 2.72. The van der Waals surface area contributed by atoms with Crippen molar-refractivity contribution in [2.45, 2.75) is 19.4 Å². The van der Waals surface area contributed by atoms with Crippen molar-refractivity contribution < 1.29 is 9.84 Å². The molecule has 0 saturated carbocycles. The highest BCUT2D eigenvalue weighted by Crippen LogP contribution is 2.26. The Hall–Kier alpha value is -1.26. The van der Waals surface area contributed by atoms with E-state index in [9.17, 15) is 5.11 Å². The van der Waals surface area contributed by atoms with Crippen LogP contribution in [0.2, 0.25) is 0 Å². The van der Waals surface area contributed by atoms with Crippen LogP contribution in [0.15, 0.2) is 18.2 Å². The molecule has 4 nitrogen and oxygen atoms in total. The van der Waals surface area contributed by atoms with E-state index in [2.05, 4.69) is 17.3 Å². The summed E-state index contributed by atoms with van der Waals surface area (Å²) in [5.74, 6) is 1.49. The minimum Gasteiger partial charge on any atom is -0.504 e. The summed E-state index contributed by atoms with van der Waals surface area (Å²) >= 11 is 0. The summed E-state index contributed by atoms with van der Waals surface area (Å²) in [5, 5.41) is 13.0. The zero-order valence-corrected chi connectivity index (χ0v) is 11.9. The molecule has 106 valence electrons. The lowest BCUT2D eigenvalue weighted by atomic mass is 9.99. The summed E-state index contributed by atoms with van der Waals surface area (Å²) in [6.45, 7) is 4.28. The minimum atomic E-state index is 0.199. The molecule has 0 aromatic heterocycles. The van der Waals surface area contributed by atoms with Gasteiger partial charge in [-0.25, -0.2) is 0 Å². The lowest BCUT2D eigenvalue weighted by molar-refractivity contribution is 0.237. The maximum absolute atomic E-state index is 9.58. The molecular weight excluding hydrogens is 240 g/mol. The summed E-state index contributed by atoms with van der Waals surface area (Å²) in [7, 11) is 3.73. The Kier molecular flexibility index (Phi) is 5.05. The van der Waals surface area contributed by atoms with Gasteiger partial charge in [0.05, 0.1) is 7.11 Å². The average molecular weight is 264 g/mol. The van der Waals surface area contributed by atoms with E-state index < -0.39 is 0 Å². The highest BCUT2D eigenvalue weighted by Gasteiger charge is 2.15. The Balaban J connectivity index is 1.88. The third kappa shape index (κ3) is 4.11. The maximum atomic E-state index is 9.58. The largest absolute Gasteiger partial charge is 0.504 e. The van der Waals surface area contributed by atoms with Crippen LogP contribution in [0.25, 0.3) is 0 Å². The van der Waals surface area contributed by atoms with Crippen LogP contribution < -0.4 is 10.1 Å². The molecule has 1 atom stereocenters. The van der Waals surface area contributed by atoms with E-state index in [1.807, 2.05) is 12.1 Å². The fourth-order valence-corrected chi connectivity index (χ4v) is 2.72. The van der Waals surface area contributed by atoms with Crippen molar-refractivity contribution in [1.82, 2.24) is 10.2 Å². The van der Waals surface area contributed by atoms with Gasteiger partial charge in [-0.1, -0.05) is 6.07 Å². The Morgan fingerprint density at radius 1 is 1.47 bits per heavy atom. The van der Waals surface area contributed by atoms with E-state index >= 15 is 0 Å². The zero-order chi connectivity index (χ0) is 13.7. The first kappa shape index (κ1) is 14.2. The second kappa shape index (κ2) is 6.78. The number of piperidine rings is 1. The van der Waals surface area contributed by atoms with Gasteiger partial charge in [0.15, 0.2) is 11.5 Å². The highest BCUT2D eigenvalue weighted by molar-refractivity contribution is 5.41. The standard InChI is InChI=1S/C15H24N2O2/c1-17(11-13-4-3-7-16-9-13)10-12-5-6-14(18)15(8-12)19-2/h5-6,8,13,16,18H,3-4,7,9-11H2,1-2H3. The van der Waals surface area contributed by atoms with E-state index in [1.165, 1.54) is 18.4 Å². The predicted octanol–water partition coefficient (Wildman–Crippen LogP) is 1.83. The Morgan fingerprint density at radius 2 is 2.32 bits per heavy atom. The van der Waals surface area contributed by atoms with Gasteiger partial charge in [-0.2, -0.15) is 0 Å². The molecule has 2 N–H and O–H groups in total. The highest BCUT2D eigenvalue weighted by atomic mass is 16.5. The monoisotopic (exact) mass is 264 g/mol. The number of phenolic OH excluding ortho intramolecular Hbond substituents is 1. The molecule has 0 spiro atoms. The van der Waals surface area contributed by atoms with E-state index in [1.54, 1.807) is 13.2 Å². The molecule has 0 aliphatic carbocycles. The molecule has 1 unspecified atom stereocenters. The molecule has 1 fully saturated rings. The van der Waals surface area contributed by atoms with Gasteiger partial charge in [0.1, 0.15) is 0 Å². The van der Waals surface area contributed by atoms with Crippen LogP contribution in [0.1, 0.15) is 18.4 Å². The van der Waals surface area contributed by atoms with Crippen molar-refractivity contribution >= 4 is 0 Å². The number of benzene rings is 1. The third-order valence-electron chi connectivity index (χ3n) is 3.67. The lowest BCUT2D eigenvalue weighted by Gasteiger charge is -2.27.